The summed E-state index contributed by atoms with van der Waals surface area (Å²) >= 11 is 0. The summed E-state index contributed by atoms with van der Waals surface area (Å²) < 4.78 is 6.41. The Kier molecular flexibility index (Phi) is 2.34. The highest BCUT2D eigenvalue weighted by atomic mass is 28.1. The number of rotatable bonds is 1. The van der Waals surface area contributed by atoms with Gasteiger partial charge in [-0.15, -0.1) is 0 Å². The van der Waals surface area contributed by atoms with Gasteiger partial charge in [-0.25, -0.2) is 0 Å². The zero-order valence-corrected chi connectivity index (χ0v) is 13.2. The van der Waals surface area contributed by atoms with E-state index in [1.807, 2.05) is 0 Å². The second-order valence-electron chi connectivity index (χ2n) is 7.73. The van der Waals surface area contributed by atoms with E-state index < -0.39 is 0 Å². The van der Waals surface area contributed by atoms with Crippen LogP contribution in [0.1, 0.15) is 57.8 Å². The molecule has 0 spiro atoms. The Bertz CT molecular complexity index is 284. The largest absolute Gasteiger partial charge is 0.379 e. The first-order valence-electron chi connectivity index (χ1n) is 7.83. The topological polar surface area (TPSA) is 9.23 Å². The average molecular weight is 250 g/mol. The summed E-state index contributed by atoms with van der Waals surface area (Å²) in [6.07, 6.45) is 13.4. The van der Waals surface area contributed by atoms with Crippen molar-refractivity contribution in [3.63, 3.8) is 0 Å². The third kappa shape index (κ3) is 1.52. The van der Waals surface area contributed by atoms with Gasteiger partial charge in [0.05, 0.1) is 5.22 Å². The minimum Gasteiger partial charge on any atom is -0.379 e. The van der Waals surface area contributed by atoms with Crippen LogP contribution in [0.25, 0.3) is 0 Å². The van der Waals surface area contributed by atoms with Crippen molar-refractivity contribution in [2.24, 2.45) is 23.2 Å². The lowest BCUT2D eigenvalue weighted by Gasteiger charge is -2.63. The van der Waals surface area contributed by atoms with Gasteiger partial charge in [-0.2, -0.15) is 0 Å². The molecule has 4 saturated carbocycles. The molecule has 4 aliphatic carbocycles. The molecule has 17 heavy (non-hydrogen) atoms. The van der Waals surface area contributed by atoms with Crippen molar-refractivity contribution in [3.05, 3.63) is 0 Å². The fourth-order valence-corrected chi connectivity index (χ4v) is 7.28. The summed E-state index contributed by atoms with van der Waals surface area (Å²) in [6.45, 7) is 1.06. The first kappa shape index (κ1) is 11.0. The lowest BCUT2D eigenvalue weighted by atomic mass is 9.47. The molecule has 1 heterocycles. The second-order valence-corrected chi connectivity index (χ2v) is 9.35. The van der Waals surface area contributed by atoms with Crippen LogP contribution in [0.3, 0.4) is 0 Å². The van der Waals surface area contributed by atoms with Crippen LogP contribution in [-0.4, -0.2) is 22.1 Å². The molecule has 5 aliphatic rings. The van der Waals surface area contributed by atoms with E-state index in [1.54, 1.807) is 19.3 Å². The van der Waals surface area contributed by atoms with E-state index in [9.17, 15) is 0 Å². The molecule has 96 valence electrons. The van der Waals surface area contributed by atoms with Gasteiger partial charge in [-0.3, -0.25) is 0 Å². The van der Waals surface area contributed by atoms with Crippen LogP contribution in [0.15, 0.2) is 0 Å². The van der Waals surface area contributed by atoms with Crippen LogP contribution in [-0.2, 0) is 4.74 Å². The van der Waals surface area contributed by atoms with E-state index >= 15 is 0 Å². The highest BCUT2D eigenvalue weighted by Crippen LogP contribution is 2.64. The summed E-state index contributed by atoms with van der Waals surface area (Å²) in [5, 5.41) is 0.376. The van der Waals surface area contributed by atoms with Gasteiger partial charge in [0, 0.05) is 16.8 Å². The molecule has 1 atom stereocenters. The van der Waals surface area contributed by atoms with Crippen molar-refractivity contribution in [3.8, 4) is 0 Å². The standard InChI is InChI=1S/C15H26OSi/c17-15(3-1-2-4-16-15)14-8-11-5-12(9-14)7-13(6-11)10-14/h11-13H,1-10H2,17H3. The predicted molar refractivity (Wildman–Crippen MR) is 73.1 cm³/mol. The molecule has 0 N–H and O–H groups in total. The molecule has 0 aromatic heterocycles. The fourth-order valence-electron chi connectivity index (χ4n) is 6.11. The van der Waals surface area contributed by atoms with Crippen molar-refractivity contribution in [2.45, 2.75) is 63.0 Å². The van der Waals surface area contributed by atoms with Crippen molar-refractivity contribution < 1.29 is 4.74 Å². The van der Waals surface area contributed by atoms with Gasteiger partial charge in [-0.1, -0.05) is 0 Å². The Hall–Kier alpha value is 0.177. The monoisotopic (exact) mass is 250 g/mol. The van der Waals surface area contributed by atoms with E-state index in [2.05, 4.69) is 0 Å². The van der Waals surface area contributed by atoms with Crippen LogP contribution in [0.4, 0.5) is 0 Å². The first-order chi connectivity index (χ1) is 8.19. The molecule has 0 amide bonds. The average Bonchev–Trinajstić information content (AvgIpc) is 2.28. The van der Waals surface area contributed by atoms with Crippen molar-refractivity contribution in [1.82, 2.24) is 0 Å². The fraction of sp³-hybridized carbons (Fsp3) is 1.00. The maximum absolute atomic E-state index is 6.41. The maximum Gasteiger partial charge on any atom is 0.0540 e. The van der Waals surface area contributed by atoms with Crippen molar-refractivity contribution in [1.29, 1.82) is 0 Å². The highest BCUT2D eigenvalue weighted by molar-refractivity contribution is 6.15. The SMILES string of the molecule is [SiH3]C1(C23CC4CC(CC(C4)C2)C3)CCCCO1. The van der Waals surface area contributed by atoms with Crippen LogP contribution >= 0.6 is 0 Å². The third-order valence-corrected chi connectivity index (χ3v) is 8.48. The van der Waals surface area contributed by atoms with E-state index in [4.69, 9.17) is 4.74 Å². The molecule has 1 unspecified atom stereocenters. The first-order valence-corrected chi connectivity index (χ1v) is 8.83. The Labute approximate surface area is 108 Å². The molecule has 0 radical (unpaired) electrons. The van der Waals surface area contributed by atoms with Gasteiger partial charge in [0.25, 0.3) is 0 Å². The van der Waals surface area contributed by atoms with Gasteiger partial charge >= 0.3 is 0 Å². The summed E-state index contributed by atoms with van der Waals surface area (Å²) in [5.41, 5.74) is 0.647. The number of hydrogen-bond acceptors (Lipinski definition) is 1. The molecule has 1 nitrogen and oxygen atoms in total. The molecular formula is C15H26OSi. The Morgan fingerprint density at radius 1 is 0.882 bits per heavy atom. The van der Waals surface area contributed by atoms with E-state index in [-0.39, 0.29) is 0 Å². The molecule has 2 heteroatoms. The molecule has 0 aromatic carbocycles. The number of ether oxygens (including phenoxy) is 1. The zero-order chi connectivity index (χ0) is 11.5. The molecule has 0 aromatic rings. The van der Waals surface area contributed by atoms with Gasteiger partial charge in [0.1, 0.15) is 0 Å². The molecule has 5 rings (SSSR count). The predicted octanol–water partition coefficient (Wildman–Crippen LogP) is 2.47. The third-order valence-electron chi connectivity index (χ3n) is 6.63. The molecular weight excluding hydrogens is 224 g/mol. The van der Waals surface area contributed by atoms with Gasteiger partial charge in [0.15, 0.2) is 0 Å². The lowest BCUT2D eigenvalue weighted by Crippen LogP contribution is -2.60. The van der Waals surface area contributed by atoms with Crippen molar-refractivity contribution in [2.75, 3.05) is 6.61 Å². The lowest BCUT2D eigenvalue weighted by molar-refractivity contribution is -0.178. The Morgan fingerprint density at radius 3 is 1.94 bits per heavy atom. The highest BCUT2D eigenvalue weighted by Gasteiger charge is 2.59. The minimum absolute atomic E-state index is 0.376. The second kappa shape index (κ2) is 3.60. The van der Waals surface area contributed by atoms with Gasteiger partial charge in [0.2, 0.25) is 0 Å². The maximum atomic E-state index is 6.41. The van der Waals surface area contributed by atoms with Crippen LogP contribution in [0, 0.1) is 23.2 Å². The molecule has 5 fully saturated rings. The molecule has 1 aliphatic heterocycles. The van der Waals surface area contributed by atoms with Crippen LogP contribution in [0.2, 0.25) is 0 Å². The van der Waals surface area contributed by atoms with Crippen molar-refractivity contribution >= 4 is 10.2 Å². The zero-order valence-electron chi connectivity index (χ0n) is 11.2. The molecule has 1 saturated heterocycles. The summed E-state index contributed by atoms with van der Waals surface area (Å²) in [5.74, 6) is 3.24. The van der Waals surface area contributed by atoms with Crippen LogP contribution < -0.4 is 0 Å². The van der Waals surface area contributed by atoms with E-state index in [1.165, 1.54) is 48.8 Å². The summed E-state index contributed by atoms with van der Waals surface area (Å²) in [7, 11) is 1.27. The van der Waals surface area contributed by atoms with Gasteiger partial charge < -0.3 is 4.74 Å². The van der Waals surface area contributed by atoms with E-state index in [0.717, 1.165) is 24.4 Å². The summed E-state index contributed by atoms with van der Waals surface area (Å²) in [6, 6.07) is 0. The normalized spacial score (nSPS) is 57.5. The Morgan fingerprint density at radius 2 is 1.47 bits per heavy atom. The molecule has 4 bridgehead atoms. The quantitative estimate of drug-likeness (QED) is 0.650. The minimum atomic E-state index is 0.376. The van der Waals surface area contributed by atoms with Crippen LogP contribution in [0.5, 0.6) is 0 Å². The van der Waals surface area contributed by atoms with Gasteiger partial charge in [-0.05, 0) is 81.0 Å². The smallest absolute Gasteiger partial charge is 0.0540 e. The Balaban J connectivity index is 1.67. The van der Waals surface area contributed by atoms with E-state index in [0.29, 0.717) is 10.6 Å². The number of hydrogen-bond donors (Lipinski definition) is 0. The summed E-state index contributed by atoms with van der Waals surface area (Å²) in [4.78, 5) is 0.